The zero-order chi connectivity index (χ0) is 30.1. The summed E-state index contributed by atoms with van der Waals surface area (Å²) in [6, 6.07) is 4.69. The number of aliphatic hydroxyl groups excluding tert-OH is 1. The van der Waals surface area contributed by atoms with E-state index in [2.05, 4.69) is 25.9 Å². The van der Waals surface area contributed by atoms with Crippen LogP contribution in [-0.4, -0.2) is 79.7 Å². The highest BCUT2D eigenvalue weighted by atomic mass is 32.1. The molecule has 230 valence electrons. The van der Waals surface area contributed by atoms with Crippen molar-refractivity contribution in [1.82, 2.24) is 35.5 Å². The minimum absolute atomic E-state index is 0.0712. The Balaban J connectivity index is 1.18. The second-order valence-corrected chi connectivity index (χ2v) is 13.2. The number of aryl methyl sites for hydroxylation is 1. The Labute approximate surface area is 256 Å². The molecule has 1 aliphatic carbocycles. The smallest absolute Gasteiger partial charge is 0.248 e. The molecule has 1 aromatic carbocycles. The maximum atomic E-state index is 13.9. The highest BCUT2D eigenvalue weighted by molar-refractivity contribution is 7.13. The van der Waals surface area contributed by atoms with E-state index in [0.29, 0.717) is 5.92 Å². The average molecular weight is 608 g/mol. The summed E-state index contributed by atoms with van der Waals surface area (Å²) in [4.78, 5) is 34.5. The van der Waals surface area contributed by atoms with E-state index < -0.39 is 18.2 Å². The van der Waals surface area contributed by atoms with Gasteiger partial charge in [-0.3, -0.25) is 9.59 Å². The van der Waals surface area contributed by atoms with Crippen LogP contribution in [0.25, 0.3) is 10.4 Å². The number of likely N-dealkylation sites (tertiary alicyclic amines) is 1. The molecule has 43 heavy (non-hydrogen) atoms. The molecule has 2 saturated heterocycles. The number of nitrogens with one attached hydrogen (secondary N) is 2. The Morgan fingerprint density at radius 2 is 2.00 bits per heavy atom. The molecule has 0 bridgehead atoms. The van der Waals surface area contributed by atoms with Crippen LogP contribution < -0.4 is 15.4 Å². The first-order valence-electron chi connectivity index (χ1n) is 15.4. The van der Waals surface area contributed by atoms with Crippen LogP contribution in [0.2, 0.25) is 0 Å². The highest BCUT2D eigenvalue weighted by Gasteiger charge is 2.43. The predicted octanol–water partition coefficient (Wildman–Crippen LogP) is 3.19. The van der Waals surface area contributed by atoms with E-state index >= 15 is 0 Å². The molecule has 3 fully saturated rings. The number of aromatic nitrogens is 4. The fourth-order valence-corrected chi connectivity index (χ4v) is 6.90. The molecule has 4 heterocycles. The zero-order valence-corrected chi connectivity index (χ0v) is 25.8. The molecule has 12 heteroatoms. The van der Waals surface area contributed by atoms with Gasteiger partial charge >= 0.3 is 0 Å². The molecule has 6 rings (SSSR count). The van der Waals surface area contributed by atoms with Crippen LogP contribution in [0.3, 0.4) is 0 Å². The van der Waals surface area contributed by atoms with E-state index in [1.165, 1.54) is 4.90 Å². The first-order chi connectivity index (χ1) is 20.8. The van der Waals surface area contributed by atoms with E-state index in [9.17, 15) is 14.7 Å². The van der Waals surface area contributed by atoms with Crippen molar-refractivity contribution in [3.63, 3.8) is 0 Å². The summed E-state index contributed by atoms with van der Waals surface area (Å²) < 4.78 is 8.14. The van der Waals surface area contributed by atoms with Crippen molar-refractivity contribution >= 4 is 23.2 Å². The number of β-amino-alcohol motifs (C(OH)–C–C–N with tert-alkyl or cyclic N) is 1. The number of ether oxygens (including phenoxy) is 1. The van der Waals surface area contributed by atoms with Crippen molar-refractivity contribution in [2.24, 2.45) is 5.92 Å². The topological polar surface area (TPSA) is 134 Å². The minimum Gasteiger partial charge on any atom is -0.490 e. The number of nitrogens with zero attached hydrogens (tertiary/aromatic N) is 5. The summed E-state index contributed by atoms with van der Waals surface area (Å²) in [5.41, 5.74) is 5.62. The SMILES string of the molecule is Cc1ncsc1-c1ccc(CNC(=O)[C@@H]2C[C@@H](O)CN2C(=O)[C@H](C(C)C)n2cc(C3CC3)nn2)c(OC2CCNCC2)c1. The van der Waals surface area contributed by atoms with Gasteiger partial charge in [0, 0.05) is 37.2 Å². The molecule has 3 atom stereocenters. The number of hydrogen-bond donors (Lipinski definition) is 3. The average Bonchev–Trinajstić information content (AvgIpc) is 3.36. The molecular formula is C31H41N7O4S. The third-order valence-electron chi connectivity index (χ3n) is 8.67. The second kappa shape index (κ2) is 12.7. The Bertz CT molecular complexity index is 1450. The number of hydrogen-bond acceptors (Lipinski definition) is 9. The van der Waals surface area contributed by atoms with Gasteiger partial charge in [0.25, 0.3) is 0 Å². The van der Waals surface area contributed by atoms with Gasteiger partial charge in [-0.25, -0.2) is 9.67 Å². The van der Waals surface area contributed by atoms with Gasteiger partial charge in [0.15, 0.2) is 0 Å². The molecule has 2 aromatic heterocycles. The van der Waals surface area contributed by atoms with Gasteiger partial charge in [0.05, 0.1) is 27.9 Å². The monoisotopic (exact) mass is 607 g/mol. The lowest BCUT2D eigenvalue weighted by Gasteiger charge is -2.30. The van der Waals surface area contributed by atoms with Crippen molar-refractivity contribution in [1.29, 1.82) is 0 Å². The van der Waals surface area contributed by atoms with Gasteiger partial charge < -0.3 is 25.4 Å². The van der Waals surface area contributed by atoms with Crippen molar-refractivity contribution in [2.45, 2.75) is 89.6 Å². The van der Waals surface area contributed by atoms with Crippen LogP contribution in [0.5, 0.6) is 5.75 Å². The molecule has 3 aromatic rings. The molecular weight excluding hydrogens is 566 g/mol. The largest absolute Gasteiger partial charge is 0.490 e. The van der Waals surface area contributed by atoms with E-state index in [0.717, 1.165) is 71.9 Å². The van der Waals surface area contributed by atoms with Gasteiger partial charge in [0.2, 0.25) is 11.8 Å². The summed E-state index contributed by atoms with van der Waals surface area (Å²) in [7, 11) is 0. The lowest BCUT2D eigenvalue weighted by atomic mass is 10.0. The molecule has 1 saturated carbocycles. The molecule has 2 aliphatic heterocycles. The molecule has 0 radical (unpaired) electrons. The summed E-state index contributed by atoms with van der Waals surface area (Å²) in [6.07, 6.45) is 5.39. The lowest BCUT2D eigenvalue weighted by Crippen LogP contribution is -2.49. The van der Waals surface area contributed by atoms with Crippen LogP contribution in [0, 0.1) is 12.8 Å². The predicted molar refractivity (Wildman–Crippen MR) is 163 cm³/mol. The highest BCUT2D eigenvalue weighted by Crippen LogP contribution is 2.39. The number of aliphatic hydroxyl groups is 1. The number of benzene rings is 1. The number of carbonyl (C=O) groups excluding carboxylic acids is 2. The Hall–Kier alpha value is -3.35. The second-order valence-electron chi connectivity index (χ2n) is 12.4. The zero-order valence-electron chi connectivity index (χ0n) is 25.0. The van der Waals surface area contributed by atoms with E-state index in [4.69, 9.17) is 4.74 Å². The first-order valence-corrected chi connectivity index (χ1v) is 16.2. The fraction of sp³-hybridized carbons (Fsp3) is 0.581. The maximum Gasteiger partial charge on any atom is 0.248 e. The number of carbonyl (C=O) groups is 2. The molecule has 0 spiro atoms. The number of thiazole rings is 1. The standard InChI is InChI=1S/C31H41N7O4S/c1-18(2)28(38-16-25(35-36-38)20-4-5-20)31(41)37-15-23(39)13-26(37)30(40)33-14-22-7-6-21(29-19(3)34-17-43-29)12-27(22)42-24-8-10-32-11-9-24/h6-7,12,16-18,20,23-24,26,28,32,39H,4-5,8-11,13-15H2,1-3H3,(H,33,40)/t23-,26+,28+/m1/s1. The maximum absolute atomic E-state index is 13.9. The summed E-state index contributed by atoms with van der Waals surface area (Å²) in [5.74, 6) is 0.582. The van der Waals surface area contributed by atoms with Gasteiger partial charge in [-0.15, -0.1) is 16.4 Å². The van der Waals surface area contributed by atoms with Crippen LogP contribution in [0.4, 0.5) is 0 Å². The number of amides is 2. The van der Waals surface area contributed by atoms with Gasteiger partial charge in [-0.1, -0.05) is 31.2 Å². The number of rotatable bonds is 10. The Kier molecular flexibility index (Phi) is 8.78. The van der Waals surface area contributed by atoms with E-state index in [1.54, 1.807) is 16.0 Å². The lowest BCUT2D eigenvalue weighted by molar-refractivity contribution is -0.142. The van der Waals surface area contributed by atoms with Crippen LogP contribution in [-0.2, 0) is 16.1 Å². The minimum atomic E-state index is -0.775. The Morgan fingerprint density at radius 1 is 1.21 bits per heavy atom. The quantitative estimate of drug-likeness (QED) is 0.320. The molecule has 2 amide bonds. The van der Waals surface area contributed by atoms with E-state index in [1.807, 2.05) is 50.7 Å². The van der Waals surface area contributed by atoms with Crippen molar-refractivity contribution < 1.29 is 19.4 Å². The van der Waals surface area contributed by atoms with Crippen LogP contribution in [0.15, 0.2) is 29.9 Å². The summed E-state index contributed by atoms with van der Waals surface area (Å²) >= 11 is 1.59. The third kappa shape index (κ3) is 6.61. The van der Waals surface area contributed by atoms with Crippen LogP contribution >= 0.6 is 11.3 Å². The van der Waals surface area contributed by atoms with Gasteiger partial charge in [-0.2, -0.15) is 0 Å². The van der Waals surface area contributed by atoms with Crippen molar-refractivity contribution in [3.05, 3.63) is 46.9 Å². The van der Waals surface area contributed by atoms with E-state index in [-0.39, 0.29) is 43.3 Å². The van der Waals surface area contributed by atoms with Gasteiger partial charge in [0.1, 0.15) is 23.9 Å². The molecule has 11 nitrogen and oxygen atoms in total. The fourth-order valence-electron chi connectivity index (χ4n) is 6.10. The first kappa shape index (κ1) is 29.7. The molecule has 0 unspecified atom stereocenters. The van der Waals surface area contributed by atoms with Crippen molar-refractivity contribution in [2.75, 3.05) is 19.6 Å². The molecule has 3 N–H and O–H groups in total. The van der Waals surface area contributed by atoms with Crippen molar-refractivity contribution in [3.8, 4) is 16.2 Å². The molecule has 3 aliphatic rings. The third-order valence-corrected chi connectivity index (χ3v) is 9.64. The van der Waals surface area contributed by atoms with Crippen LogP contribution in [0.1, 0.15) is 74.9 Å². The summed E-state index contributed by atoms with van der Waals surface area (Å²) in [5, 5.41) is 25.6. The Morgan fingerprint density at radius 3 is 2.70 bits per heavy atom. The van der Waals surface area contributed by atoms with Gasteiger partial charge in [-0.05, 0) is 63.2 Å². The summed E-state index contributed by atoms with van der Waals surface area (Å²) in [6.45, 7) is 8.09. The number of piperidine rings is 1. The normalized spacial score (nSPS) is 21.7.